The van der Waals surface area contributed by atoms with Gasteiger partial charge in [0.1, 0.15) is 5.00 Å². The second-order valence-corrected chi connectivity index (χ2v) is 6.67. The number of aromatic hydroxyl groups is 1. The van der Waals surface area contributed by atoms with Crippen LogP contribution < -0.4 is 9.88 Å². The summed E-state index contributed by atoms with van der Waals surface area (Å²) in [5.41, 5.74) is 1.52. The van der Waals surface area contributed by atoms with E-state index in [4.69, 9.17) is 4.74 Å². The normalized spacial score (nSPS) is 12.7. The van der Waals surface area contributed by atoms with Crippen LogP contribution in [0.1, 0.15) is 34.1 Å². The maximum Gasteiger partial charge on any atom is 0.341 e. The number of aryl methyl sites for hydroxylation is 1. The number of nitrogens with zero attached hydrogens (tertiary/aromatic N) is 1. The van der Waals surface area contributed by atoms with E-state index in [1.54, 1.807) is 23.8 Å². The Hall–Kier alpha value is -2.41. The van der Waals surface area contributed by atoms with Crippen LogP contribution in [-0.2, 0) is 28.9 Å². The van der Waals surface area contributed by atoms with E-state index in [1.165, 1.54) is 23.6 Å². The Morgan fingerprint density at radius 1 is 1.42 bits per heavy atom. The molecule has 1 aliphatic carbocycles. The average Bonchev–Trinajstić information content (AvgIpc) is 3.07. The fourth-order valence-electron chi connectivity index (χ4n) is 2.85. The molecule has 6 nitrogen and oxygen atoms in total. The highest BCUT2D eigenvalue weighted by atomic mass is 32.1. The first-order valence-electron chi connectivity index (χ1n) is 7.88. The first-order chi connectivity index (χ1) is 11.6. The van der Waals surface area contributed by atoms with Crippen LogP contribution in [0.15, 0.2) is 24.5 Å². The van der Waals surface area contributed by atoms with Crippen molar-refractivity contribution in [3.8, 4) is 5.75 Å². The van der Waals surface area contributed by atoms with Crippen LogP contribution in [0.3, 0.4) is 0 Å². The van der Waals surface area contributed by atoms with E-state index in [2.05, 4.69) is 5.32 Å². The largest absolute Gasteiger partial charge is 0.503 e. The molecule has 2 aromatic rings. The van der Waals surface area contributed by atoms with Gasteiger partial charge in [-0.15, -0.1) is 11.3 Å². The third-order valence-electron chi connectivity index (χ3n) is 3.82. The van der Waals surface area contributed by atoms with Crippen LogP contribution in [-0.4, -0.2) is 23.6 Å². The molecule has 0 radical (unpaired) electrons. The summed E-state index contributed by atoms with van der Waals surface area (Å²) in [6.07, 6.45) is 5.97. The smallest absolute Gasteiger partial charge is 0.341 e. The van der Waals surface area contributed by atoms with Crippen molar-refractivity contribution in [3.63, 3.8) is 0 Å². The Morgan fingerprint density at radius 2 is 2.25 bits per heavy atom. The van der Waals surface area contributed by atoms with Crippen LogP contribution in [0.2, 0.25) is 0 Å². The van der Waals surface area contributed by atoms with E-state index < -0.39 is 0 Å². The number of nitrogens with one attached hydrogen (secondary N) is 1. The molecule has 0 saturated heterocycles. The molecule has 1 aliphatic rings. The number of fused-ring (bicyclic) bond motifs is 1. The Bertz CT molecular complexity index is 785. The summed E-state index contributed by atoms with van der Waals surface area (Å²) in [6.45, 7) is 2.12. The summed E-state index contributed by atoms with van der Waals surface area (Å²) in [6, 6.07) is 3.20. The van der Waals surface area contributed by atoms with Crippen molar-refractivity contribution in [2.45, 2.75) is 32.7 Å². The van der Waals surface area contributed by atoms with Gasteiger partial charge in [0.05, 0.1) is 12.2 Å². The quantitative estimate of drug-likeness (QED) is 0.641. The van der Waals surface area contributed by atoms with Crippen molar-refractivity contribution in [3.05, 3.63) is 40.5 Å². The van der Waals surface area contributed by atoms with Gasteiger partial charge >= 0.3 is 5.97 Å². The minimum atomic E-state index is -0.378. The lowest BCUT2D eigenvalue weighted by Gasteiger charge is -2.07. The van der Waals surface area contributed by atoms with Crippen LogP contribution in [0, 0.1) is 0 Å². The molecule has 0 unspecified atom stereocenters. The molecule has 0 atom stereocenters. The highest BCUT2D eigenvalue weighted by Crippen LogP contribution is 2.39. The highest BCUT2D eigenvalue weighted by molar-refractivity contribution is 7.17. The second kappa shape index (κ2) is 7.00. The lowest BCUT2D eigenvalue weighted by molar-refractivity contribution is -0.684. The fraction of sp³-hybridized carbons (Fsp3) is 0.353. The number of ether oxygens (including phenoxy) is 1. The highest BCUT2D eigenvalue weighted by Gasteiger charge is 2.28. The SMILES string of the molecule is CCOC(=O)c1c(NC(=O)C[n+]2cccc(O)c2)sc2c1CCC2. The zero-order valence-corrected chi connectivity index (χ0v) is 14.2. The first-order valence-corrected chi connectivity index (χ1v) is 8.69. The monoisotopic (exact) mass is 347 g/mol. The average molecular weight is 347 g/mol. The van der Waals surface area contributed by atoms with Gasteiger partial charge in [-0.2, -0.15) is 4.57 Å². The summed E-state index contributed by atoms with van der Waals surface area (Å²) in [7, 11) is 0. The van der Waals surface area contributed by atoms with Crippen LogP contribution in [0.25, 0.3) is 0 Å². The minimum Gasteiger partial charge on any atom is -0.503 e. The molecule has 126 valence electrons. The Morgan fingerprint density at radius 3 is 3.00 bits per heavy atom. The van der Waals surface area contributed by atoms with Crippen LogP contribution in [0.4, 0.5) is 5.00 Å². The standard InChI is InChI=1S/C17H18N2O4S/c1-2-23-17(22)15-12-6-3-7-13(12)24-16(15)18-14(21)10-19-8-4-5-11(20)9-19/h4-5,8-9H,2-3,6-7,10H2,1H3,(H-,18,20,21,22)/p+1. The van der Waals surface area contributed by atoms with E-state index in [1.807, 2.05) is 0 Å². The van der Waals surface area contributed by atoms with Gasteiger partial charge in [-0.3, -0.25) is 4.79 Å². The molecular formula is C17H19N2O4S+. The number of carbonyl (C=O) groups excluding carboxylic acids is 2. The minimum absolute atomic E-state index is 0.0548. The third-order valence-corrected chi connectivity index (χ3v) is 5.03. The molecule has 0 fully saturated rings. The number of anilines is 1. The molecule has 7 heteroatoms. The number of rotatable bonds is 5. The molecule has 0 saturated carbocycles. The Labute approximate surface area is 143 Å². The zero-order valence-electron chi connectivity index (χ0n) is 13.4. The van der Waals surface area contributed by atoms with E-state index in [-0.39, 0.29) is 24.2 Å². The number of hydrogen-bond donors (Lipinski definition) is 2. The summed E-state index contributed by atoms with van der Waals surface area (Å²) < 4.78 is 6.73. The molecule has 0 spiro atoms. The van der Waals surface area contributed by atoms with Gasteiger partial charge in [0.15, 0.2) is 11.9 Å². The van der Waals surface area contributed by atoms with Crippen molar-refractivity contribution in [1.29, 1.82) is 0 Å². The zero-order chi connectivity index (χ0) is 17.1. The summed E-state index contributed by atoms with van der Waals surface area (Å²) in [5, 5.41) is 12.8. The molecule has 1 amide bonds. The molecular weight excluding hydrogens is 328 g/mol. The number of carbonyl (C=O) groups is 2. The topological polar surface area (TPSA) is 79.5 Å². The van der Waals surface area contributed by atoms with Crippen molar-refractivity contribution in [2.75, 3.05) is 11.9 Å². The van der Waals surface area contributed by atoms with Crippen molar-refractivity contribution < 1.29 is 24.0 Å². The molecule has 2 aromatic heterocycles. The number of pyridine rings is 1. The van der Waals surface area contributed by atoms with E-state index in [9.17, 15) is 14.7 Å². The van der Waals surface area contributed by atoms with Gasteiger partial charge < -0.3 is 15.2 Å². The predicted octanol–water partition coefficient (Wildman–Crippen LogP) is 2.05. The van der Waals surface area contributed by atoms with Crippen LogP contribution >= 0.6 is 11.3 Å². The van der Waals surface area contributed by atoms with E-state index in [0.717, 1.165) is 29.7 Å². The van der Waals surface area contributed by atoms with Crippen LogP contribution in [0.5, 0.6) is 5.75 Å². The predicted molar refractivity (Wildman–Crippen MR) is 89.2 cm³/mol. The Balaban J connectivity index is 1.79. The van der Waals surface area contributed by atoms with Crippen molar-refractivity contribution in [1.82, 2.24) is 0 Å². The molecule has 0 aromatic carbocycles. The van der Waals surface area contributed by atoms with Gasteiger partial charge in [0.2, 0.25) is 12.7 Å². The van der Waals surface area contributed by atoms with Crippen molar-refractivity contribution >= 4 is 28.2 Å². The molecule has 2 heterocycles. The fourth-order valence-corrected chi connectivity index (χ4v) is 4.14. The number of thiophene rings is 1. The molecule has 3 rings (SSSR count). The molecule has 2 N–H and O–H groups in total. The van der Waals surface area contributed by atoms with Gasteiger partial charge in [0.25, 0.3) is 5.91 Å². The Kier molecular flexibility index (Phi) is 4.80. The lowest BCUT2D eigenvalue weighted by Crippen LogP contribution is -2.39. The molecule has 0 bridgehead atoms. The van der Waals surface area contributed by atoms with Gasteiger partial charge in [0, 0.05) is 10.9 Å². The van der Waals surface area contributed by atoms with Gasteiger partial charge in [-0.25, -0.2) is 4.79 Å². The number of amides is 1. The lowest BCUT2D eigenvalue weighted by atomic mass is 10.1. The second-order valence-electron chi connectivity index (χ2n) is 5.56. The molecule has 24 heavy (non-hydrogen) atoms. The first kappa shape index (κ1) is 16.4. The number of esters is 1. The third kappa shape index (κ3) is 3.41. The van der Waals surface area contributed by atoms with Gasteiger partial charge in [-0.05, 0) is 37.8 Å². The summed E-state index contributed by atoms with van der Waals surface area (Å²) in [4.78, 5) is 25.7. The summed E-state index contributed by atoms with van der Waals surface area (Å²) >= 11 is 1.45. The maximum absolute atomic E-state index is 12.3. The van der Waals surface area contributed by atoms with Gasteiger partial charge in [-0.1, -0.05) is 0 Å². The van der Waals surface area contributed by atoms with E-state index >= 15 is 0 Å². The summed E-state index contributed by atoms with van der Waals surface area (Å²) in [5.74, 6) is -0.541. The van der Waals surface area contributed by atoms with E-state index in [0.29, 0.717) is 17.2 Å². The number of aromatic nitrogens is 1. The van der Waals surface area contributed by atoms with Crippen molar-refractivity contribution in [2.24, 2.45) is 0 Å². The molecule has 0 aliphatic heterocycles. The maximum atomic E-state index is 12.3. The number of hydrogen-bond acceptors (Lipinski definition) is 5.